The molecule has 100 valence electrons. The Morgan fingerprint density at radius 2 is 2.42 bits per heavy atom. The predicted octanol–water partition coefficient (Wildman–Crippen LogP) is 0.690. The molecule has 1 aromatic rings. The van der Waals surface area contributed by atoms with Crippen LogP contribution >= 0.6 is 23.8 Å². The van der Waals surface area contributed by atoms with Gasteiger partial charge in [0.05, 0.1) is 10.7 Å². The molecule has 0 spiro atoms. The lowest BCUT2D eigenvalue weighted by Gasteiger charge is -2.09. The fraction of sp³-hybridized carbons (Fsp3) is 0.250. The Morgan fingerprint density at radius 3 is 3.11 bits per heavy atom. The second-order valence-electron chi connectivity index (χ2n) is 3.47. The minimum atomic E-state index is 0.186. The SMILES string of the molecule is C#CCN=C(N)NC(=S)NCCc1ncccc1Cl. The normalized spacial score (nSPS) is 10.6. The first-order valence-corrected chi connectivity index (χ1v) is 6.29. The molecule has 0 amide bonds. The van der Waals surface area contributed by atoms with Gasteiger partial charge in [-0.05, 0) is 24.4 Å². The van der Waals surface area contributed by atoms with Crippen LogP contribution in [0.4, 0.5) is 0 Å². The van der Waals surface area contributed by atoms with Crippen LogP contribution in [0.3, 0.4) is 0 Å². The van der Waals surface area contributed by atoms with E-state index in [1.54, 1.807) is 18.3 Å². The maximum absolute atomic E-state index is 5.98. The van der Waals surface area contributed by atoms with Gasteiger partial charge in [-0.1, -0.05) is 17.5 Å². The van der Waals surface area contributed by atoms with E-state index in [2.05, 4.69) is 26.5 Å². The zero-order chi connectivity index (χ0) is 14.1. The summed E-state index contributed by atoms with van der Waals surface area (Å²) in [6, 6.07) is 3.58. The minimum Gasteiger partial charge on any atom is -0.370 e. The van der Waals surface area contributed by atoms with E-state index in [0.717, 1.165) is 5.69 Å². The van der Waals surface area contributed by atoms with Crippen LogP contribution in [0.1, 0.15) is 5.69 Å². The molecule has 5 nitrogen and oxygen atoms in total. The summed E-state index contributed by atoms with van der Waals surface area (Å²) in [5, 5.41) is 6.71. The van der Waals surface area contributed by atoms with E-state index in [-0.39, 0.29) is 12.5 Å². The zero-order valence-electron chi connectivity index (χ0n) is 10.2. The van der Waals surface area contributed by atoms with Crippen LogP contribution in [0.2, 0.25) is 5.02 Å². The first kappa shape index (κ1) is 15.2. The lowest BCUT2D eigenvalue weighted by molar-refractivity contribution is 0.837. The third-order valence-corrected chi connectivity index (χ3v) is 2.65. The number of nitrogens with zero attached hydrogens (tertiary/aromatic N) is 2. The van der Waals surface area contributed by atoms with Crippen molar-refractivity contribution in [2.45, 2.75) is 6.42 Å². The molecular weight excluding hydrogens is 282 g/mol. The first-order valence-electron chi connectivity index (χ1n) is 5.51. The Labute approximate surface area is 122 Å². The van der Waals surface area contributed by atoms with E-state index in [1.165, 1.54) is 0 Å². The summed E-state index contributed by atoms with van der Waals surface area (Å²) in [5.41, 5.74) is 6.36. The zero-order valence-corrected chi connectivity index (χ0v) is 11.8. The summed E-state index contributed by atoms with van der Waals surface area (Å²) in [6.07, 6.45) is 7.41. The van der Waals surface area contributed by atoms with Gasteiger partial charge in [-0.15, -0.1) is 6.42 Å². The molecule has 0 atom stereocenters. The number of rotatable bonds is 4. The third kappa shape index (κ3) is 6.04. The van der Waals surface area contributed by atoms with Gasteiger partial charge >= 0.3 is 0 Å². The fourth-order valence-electron chi connectivity index (χ4n) is 1.23. The van der Waals surface area contributed by atoms with Crippen molar-refractivity contribution in [1.82, 2.24) is 15.6 Å². The Hall–Kier alpha value is -1.84. The summed E-state index contributed by atoms with van der Waals surface area (Å²) in [5.74, 6) is 2.54. The molecule has 0 bridgehead atoms. The summed E-state index contributed by atoms with van der Waals surface area (Å²) in [4.78, 5) is 8.02. The third-order valence-electron chi connectivity index (χ3n) is 2.06. The maximum Gasteiger partial charge on any atom is 0.195 e. The van der Waals surface area contributed by atoms with Gasteiger partial charge in [-0.3, -0.25) is 4.98 Å². The summed E-state index contributed by atoms with van der Waals surface area (Å²) in [7, 11) is 0. The lowest BCUT2D eigenvalue weighted by Crippen LogP contribution is -2.43. The van der Waals surface area contributed by atoms with E-state index in [9.17, 15) is 0 Å². The average Bonchev–Trinajstić information content (AvgIpc) is 2.38. The molecular formula is C12H14ClN5S. The number of terminal acetylenes is 1. The van der Waals surface area contributed by atoms with Gasteiger partial charge in [0, 0.05) is 19.2 Å². The Balaban J connectivity index is 2.32. The highest BCUT2D eigenvalue weighted by atomic mass is 35.5. The van der Waals surface area contributed by atoms with Crippen LogP contribution < -0.4 is 16.4 Å². The summed E-state index contributed by atoms with van der Waals surface area (Å²) < 4.78 is 0. The predicted molar refractivity (Wildman–Crippen MR) is 82.0 cm³/mol. The van der Waals surface area contributed by atoms with Gasteiger partial charge < -0.3 is 16.4 Å². The second kappa shape index (κ2) is 8.29. The molecule has 0 aliphatic heterocycles. The van der Waals surface area contributed by atoms with Crippen LogP contribution in [0, 0.1) is 12.3 Å². The molecule has 0 aromatic carbocycles. The molecule has 0 radical (unpaired) electrons. The quantitative estimate of drug-likeness (QED) is 0.330. The smallest absolute Gasteiger partial charge is 0.195 e. The second-order valence-corrected chi connectivity index (χ2v) is 4.28. The largest absolute Gasteiger partial charge is 0.370 e. The number of aliphatic imine (C=N–C) groups is 1. The Bertz CT molecular complexity index is 509. The van der Waals surface area contributed by atoms with Gasteiger partial charge in [0.2, 0.25) is 0 Å². The van der Waals surface area contributed by atoms with Gasteiger partial charge in [0.25, 0.3) is 0 Å². The van der Waals surface area contributed by atoms with Crippen molar-refractivity contribution in [3.05, 3.63) is 29.0 Å². The van der Waals surface area contributed by atoms with Gasteiger partial charge in [0.15, 0.2) is 11.1 Å². The van der Waals surface area contributed by atoms with Crippen LogP contribution in [0.25, 0.3) is 0 Å². The van der Waals surface area contributed by atoms with Crippen LogP contribution in [-0.4, -0.2) is 29.1 Å². The minimum absolute atomic E-state index is 0.186. The molecule has 0 fully saturated rings. The molecule has 1 rings (SSSR count). The van der Waals surface area contributed by atoms with Crippen molar-refractivity contribution in [3.8, 4) is 12.3 Å². The molecule has 0 saturated carbocycles. The maximum atomic E-state index is 5.98. The monoisotopic (exact) mass is 295 g/mol. The highest BCUT2D eigenvalue weighted by Crippen LogP contribution is 2.11. The van der Waals surface area contributed by atoms with Crippen LogP contribution in [0.15, 0.2) is 23.3 Å². The van der Waals surface area contributed by atoms with Gasteiger partial charge in [-0.2, -0.15) is 0 Å². The lowest BCUT2D eigenvalue weighted by atomic mass is 10.3. The van der Waals surface area contributed by atoms with Crippen molar-refractivity contribution in [2.24, 2.45) is 10.7 Å². The number of hydrogen-bond acceptors (Lipinski definition) is 3. The molecule has 4 N–H and O–H groups in total. The number of thiocarbonyl (C=S) groups is 1. The van der Waals surface area contributed by atoms with Gasteiger partial charge in [-0.25, -0.2) is 4.99 Å². The molecule has 0 saturated heterocycles. The number of hydrogen-bond donors (Lipinski definition) is 3. The highest BCUT2D eigenvalue weighted by molar-refractivity contribution is 7.80. The number of pyridine rings is 1. The molecule has 0 unspecified atom stereocenters. The molecule has 0 aliphatic carbocycles. The van der Waals surface area contributed by atoms with E-state index >= 15 is 0 Å². The van der Waals surface area contributed by atoms with Crippen LogP contribution in [-0.2, 0) is 6.42 Å². The van der Waals surface area contributed by atoms with E-state index in [0.29, 0.717) is 23.1 Å². The topological polar surface area (TPSA) is 75.3 Å². The van der Waals surface area contributed by atoms with E-state index < -0.39 is 0 Å². The Morgan fingerprint density at radius 1 is 1.63 bits per heavy atom. The fourth-order valence-corrected chi connectivity index (χ4v) is 1.65. The molecule has 1 heterocycles. The standard InChI is InChI=1S/C12H14ClN5S/c1-2-6-16-11(14)18-12(19)17-8-5-10-9(13)4-3-7-15-10/h1,3-4,7H,5-6,8H2,(H4,14,16,17,18,19). The number of halogens is 1. The molecule has 19 heavy (non-hydrogen) atoms. The summed E-state index contributed by atoms with van der Waals surface area (Å²) in [6.45, 7) is 0.802. The molecule has 1 aromatic heterocycles. The molecule has 7 heteroatoms. The summed E-state index contributed by atoms with van der Waals surface area (Å²) >= 11 is 11.0. The van der Waals surface area contributed by atoms with Crippen molar-refractivity contribution >= 4 is 34.9 Å². The first-order chi connectivity index (χ1) is 9.13. The molecule has 0 aliphatic rings. The Kier molecular flexibility index (Phi) is 6.64. The van der Waals surface area contributed by atoms with Crippen LogP contribution in [0.5, 0.6) is 0 Å². The number of aromatic nitrogens is 1. The van der Waals surface area contributed by atoms with Gasteiger partial charge in [0.1, 0.15) is 6.54 Å². The van der Waals surface area contributed by atoms with E-state index in [4.69, 9.17) is 36.0 Å². The number of nitrogens with one attached hydrogen (secondary N) is 2. The number of guanidine groups is 1. The van der Waals surface area contributed by atoms with Crippen molar-refractivity contribution < 1.29 is 0 Å². The van der Waals surface area contributed by atoms with Crippen molar-refractivity contribution in [2.75, 3.05) is 13.1 Å². The highest BCUT2D eigenvalue weighted by Gasteiger charge is 2.01. The van der Waals surface area contributed by atoms with Crippen molar-refractivity contribution in [1.29, 1.82) is 0 Å². The van der Waals surface area contributed by atoms with Crippen molar-refractivity contribution in [3.63, 3.8) is 0 Å². The van der Waals surface area contributed by atoms with E-state index in [1.807, 2.05) is 0 Å². The average molecular weight is 296 g/mol. The number of nitrogens with two attached hydrogens (primary N) is 1.